The molecular formula is C11H21NO2. The maximum atomic E-state index is 11.5. The third-order valence-electron chi connectivity index (χ3n) is 2.49. The molecule has 1 aliphatic heterocycles. The van der Waals surface area contributed by atoms with Crippen molar-refractivity contribution in [3.63, 3.8) is 0 Å². The SMILES string of the molecule is CC(C)CCNC(=O)C1CCCCO1. The van der Waals surface area contributed by atoms with Gasteiger partial charge in [-0.1, -0.05) is 13.8 Å². The van der Waals surface area contributed by atoms with Crippen LogP contribution in [0, 0.1) is 5.92 Å². The van der Waals surface area contributed by atoms with Gasteiger partial charge in [0.2, 0.25) is 5.91 Å². The molecule has 0 aromatic carbocycles. The quantitative estimate of drug-likeness (QED) is 0.748. The van der Waals surface area contributed by atoms with E-state index in [2.05, 4.69) is 19.2 Å². The van der Waals surface area contributed by atoms with E-state index in [1.807, 2.05) is 0 Å². The Kier molecular flexibility index (Phi) is 4.94. The normalized spacial score (nSPS) is 22.4. The molecule has 1 unspecified atom stereocenters. The predicted molar refractivity (Wildman–Crippen MR) is 56.1 cm³/mol. The number of amides is 1. The second-order valence-electron chi connectivity index (χ2n) is 4.33. The number of hydrogen-bond donors (Lipinski definition) is 1. The number of ether oxygens (including phenoxy) is 1. The van der Waals surface area contributed by atoms with Crippen LogP contribution in [0.3, 0.4) is 0 Å². The smallest absolute Gasteiger partial charge is 0.249 e. The molecule has 3 heteroatoms. The molecule has 0 aromatic heterocycles. The average molecular weight is 199 g/mol. The molecule has 0 bridgehead atoms. The van der Waals surface area contributed by atoms with Crippen molar-refractivity contribution in [3.8, 4) is 0 Å². The Bertz CT molecular complexity index is 174. The minimum Gasteiger partial charge on any atom is -0.368 e. The van der Waals surface area contributed by atoms with E-state index in [0.717, 1.165) is 38.8 Å². The topological polar surface area (TPSA) is 38.3 Å². The molecule has 1 aliphatic rings. The molecule has 3 nitrogen and oxygen atoms in total. The zero-order chi connectivity index (χ0) is 10.4. The summed E-state index contributed by atoms with van der Waals surface area (Å²) in [6, 6.07) is 0. The lowest BCUT2D eigenvalue weighted by Crippen LogP contribution is -2.39. The van der Waals surface area contributed by atoms with Gasteiger partial charge in [-0.25, -0.2) is 0 Å². The number of rotatable bonds is 4. The zero-order valence-corrected chi connectivity index (χ0v) is 9.21. The van der Waals surface area contributed by atoms with Gasteiger partial charge in [-0.3, -0.25) is 4.79 Å². The Morgan fingerprint density at radius 1 is 1.50 bits per heavy atom. The fraction of sp³-hybridized carbons (Fsp3) is 0.909. The Morgan fingerprint density at radius 2 is 2.29 bits per heavy atom. The Morgan fingerprint density at radius 3 is 2.86 bits per heavy atom. The van der Waals surface area contributed by atoms with Gasteiger partial charge in [0.15, 0.2) is 0 Å². The van der Waals surface area contributed by atoms with E-state index in [0.29, 0.717) is 5.92 Å². The van der Waals surface area contributed by atoms with Gasteiger partial charge in [0, 0.05) is 13.2 Å². The first-order chi connectivity index (χ1) is 6.70. The highest BCUT2D eigenvalue weighted by Gasteiger charge is 2.21. The van der Waals surface area contributed by atoms with E-state index >= 15 is 0 Å². The largest absolute Gasteiger partial charge is 0.368 e. The van der Waals surface area contributed by atoms with Crippen molar-refractivity contribution < 1.29 is 9.53 Å². The molecule has 0 spiro atoms. The fourth-order valence-corrected chi connectivity index (χ4v) is 1.55. The van der Waals surface area contributed by atoms with E-state index in [4.69, 9.17) is 4.74 Å². The Labute approximate surface area is 86.2 Å². The van der Waals surface area contributed by atoms with E-state index < -0.39 is 0 Å². The molecule has 1 heterocycles. The Balaban J connectivity index is 2.13. The van der Waals surface area contributed by atoms with E-state index in [-0.39, 0.29) is 12.0 Å². The summed E-state index contributed by atoms with van der Waals surface area (Å²) in [4.78, 5) is 11.5. The monoisotopic (exact) mass is 199 g/mol. The van der Waals surface area contributed by atoms with Crippen LogP contribution in [0.15, 0.2) is 0 Å². The molecule has 1 rings (SSSR count). The molecule has 1 fully saturated rings. The number of carbonyl (C=O) groups is 1. The molecule has 82 valence electrons. The van der Waals surface area contributed by atoms with Gasteiger partial charge in [-0.15, -0.1) is 0 Å². The number of hydrogen-bond acceptors (Lipinski definition) is 2. The van der Waals surface area contributed by atoms with Crippen LogP contribution in [0.1, 0.15) is 39.5 Å². The van der Waals surface area contributed by atoms with Crippen molar-refractivity contribution in [1.29, 1.82) is 0 Å². The average Bonchev–Trinajstić information content (AvgIpc) is 2.18. The van der Waals surface area contributed by atoms with Crippen molar-refractivity contribution in [1.82, 2.24) is 5.32 Å². The first-order valence-electron chi connectivity index (χ1n) is 5.59. The minimum absolute atomic E-state index is 0.0744. The molecule has 1 atom stereocenters. The third-order valence-corrected chi connectivity index (χ3v) is 2.49. The second kappa shape index (κ2) is 6.02. The minimum atomic E-state index is -0.184. The van der Waals surface area contributed by atoms with Gasteiger partial charge in [-0.2, -0.15) is 0 Å². The molecule has 1 amide bonds. The summed E-state index contributed by atoms with van der Waals surface area (Å²) in [5.74, 6) is 0.716. The lowest BCUT2D eigenvalue weighted by Gasteiger charge is -2.21. The van der Waals surface area contributed by atoms with Crippen molar-refractivity contribution >= 4 is 5.91 Å². The highest BCUT2D eigenvalue weighted by molar-refractivity contribution is 5.80. The van der Waals surface area contributed by atoms with Gasteiger partial charge in [0.05, 0.1) is 0 Å². The second-order valence-corrected chi connectivity index (χ2v) is 4.33. The first kappa shape index (κ1) is 11.5. The van der Waals surface area contributed by atoms with Crippen LogP contribution in [0.4, 0.5) is 0 Å². The number of carbonyl (C=O) groups excluding carboxylic acids is 1. The summed E-state index contributed by atoms with van der Waals surface area (Å²) >= 11 is 0. The third kappa shape index (κ3) is 4.09. The van der Waals surface area contributed by atoms with Crippen LogP contribution in [0.25, 0.3) is 0 Å². The molecule has 0 saturated carbocycles. The molecule has 0 radical (unpaired) electrons. The standard InChI is InChI=1S/C11H21NO2/c1-9(2)6-7-12-11(13)10-5-3-4-8-14-10/h9-10H,3-8H2,1-2H3,(H,12,13). The van der Waals surface area contributed by atoms with Crippen LogP contribution in [-0.2, 0) is 9.53 Å². The fourth-order valence-electron chi connectivity index (χ4n) is 1.55. The lowest BCUT2D eigenvalue weighted by molar-refractivity contribution is -0.135. The van der Waals surface area contributed by atoms with Crippen molar-refractivity contribution in [2.24, 2.45) is 5.92 Å². The molecular weight excluding hydrogens is 178 g/mol. The summed E-state index contributed by atoms with van der Waals surface area (Å²) in [7, 11) is 0. The maximum Gasteiger partial charge on any atom is 0.249 e. The lowest BCUT2D eigenvalue weighted by atomic mass is 10.1. The first-order valence-corrected chi connectivity index (χ1v) is 5.59. The summed E-state index contributed by atoms with van der Waals surface area (Å²) in [5.41, 5.74) is 0. The Hall–Kier alpha value is -0.570. The molecule has 1 N–H and O–H groups in total. The van der Waals surface area contributed by atoms with Crippen molar-refractivity contribution in [3.05, 3.63) is 0 Å². The molecule has 0 aromatic rings. The van der Waals surface area contributed by atoms with Gasteiger partial charge >= 0.3 is 0 Å². The van der Waals surface area contributed by atoms with Gasteiger partial charge in [-0.05, 0) is 31.6 Å². The van der Waals surface area contributed by atoms with E-state index in [9.17, 15) is 4.79 Å². The summed E-state index contributed by atoms with van der Waals surface area (Å²) in [6.07, 6.45) is 3.94. The maximum absolute atomic E-state index is 11.5. The van der Waals surface area contributed by atoms with Crippen LogP contribution < -0.4 is 5.32 Å². The van der Waals surface area contributed by atoms with Crippen LogP contribution in [0.2, 0.25) is 0 Å². The van der Waals surface area contributed by atoms with E-state index in [1.54, 1.807) is 0 Å². The van der Waals surface area contributed by atoms with Gasteiger partial charge < -0.3 is 10.1 Å². The van der Waals surface area contributed by atoms with Crippen molar-refractivity contribution in [2.75, 3.05) is 13.2 Å². The van der Waals surface area contributed by atoms with Gasteiger partial charge in [0.25, 0.3) is 0 Å². The highest BCUT2D eigenvalue weighted by Crippen LogP contribution is 2.12. The summed E-state index contributed by atoms with van der Waals surface area (Å²) in [5, 5.41) is 2.92. The molecule has 14 heavy (non-hydrogen) atoms. The molecule has 0 aliphatic carbocycles. The number of nitrogens with one attached hydrogen (secondary N) is 1. The van der Waals surface area contributed by atoms with Crippen LogP contribution in [0.5, 0.6) is 0 Å². The van der Waals surface area contributed by atoms with Gasteiger partial charge in [0.1, 0.15) is 6.10 Å². The summed E-state index contributed by atoms with van der Waals surface area (Å²) < 4.78 is 5.39. The van der Waals surface area contributed by atoms with Crippen molar-refractivity contribution in [2.45, 2.75) is 45.6 Å². The summed E-state index contributed by atoms with van der Waals surface area (Å²) in [6.45, 7) is 5.82. The zero-order valence-electron chi connectivity index (χ0n) is 9.21. The van der Waals surface area contributed by atoms with E-state index in [1.165, 1.54) is 0 Å². The molecule has 1 saturated heterocycles. The van der Waals surface area contributed by atoms with Crippen LogP contribution >= 0.6 is 0 Å². The van der Waals surface area contributed by atoms with Crippen LogP contribution in [-0.4, -0.2) is 25.2 Å². The highest BCUT2D eigenvalue weighted by atomic mass is 16.5. The predicted octanol–water partition coefficient (Wildman–Crippen LogP) is 1.72.